The van der Waals surface area contributed by atoms with Crippen molar-refractivity contribution in [1.82, 2.24) is 0 Å². The van der Waals surface area contributed by atoms with E-state index in [0.29, 0.717) is 0 Å². The zero-order valence-electron chi connectivity index (χ0n) is 10.4. The molecule has 0 saturated heterocycles. The van der Waals surface area contributed by atoms with Gasteiger partial charge in [0.2, 0.25) is 0 Å². The van der Waals surface area contributed by atoms with E-state index in [-0.39, 0.29) is 0 Å². The first-order chi connectivity index (χ1) is 7.54. The fourth-order valence-electron chi connectivity index (χ4n) is 2.20. The molecular formula is C14H18OSn. The predicted octanol–water partition coefficient (Wildman–Crippen LogP) is 3.39. The number of hydrogen-bond donors (Lipinski definition) is 0. The number of methoxy groups -OCH3 is 1. The summed E-state index contributed by atoms with van der Waals surface area (Å²) in [7, 11) is 1.77. The average molecular weight is 321 g/mol. The molecule has 2 aromatic rings. The number of fused-ring (bicyclic) bond motifs is 1. The van der Waals surface area contributed by atoms with Gasteiger partial charge >= 0.3 is 102 Å². The van der Waals surface area contributed by atoms with E-state index in [1.54, 1.807) is 7.11 Å². The van der Waals surface area contributed by atoms with Crippen molar-refractivity contribution >= 4 is 32.7 Å². The van der Waals surface area contributed by atoms with Crippen molar-refractivity contribution in [3.63, 3.8) is 0 Å². The molecule has 0 unspecified atom stereocenters. The molecule has 0 aliphatic rings. The predicted molar refractivity (Wildman–Crippen MR) is 73.5 cm³/mol. The second-order valence-electron chi connectivity index (χ2n) is 5.11. The first kappa shape index (κ1) is 11.8. The molecule has 0 atom stereocenters. The summed E-state index contributed by atoms with van der Waals surface area (Å²) in [4.78, 5) is 7.29. The molecule has 2 rings (SSSR count). The van der Waals surface area contributed by atoms with Gasteiger partial charge in [0, 0.05) is 0 Å². The van der Waals surface area contributed by atoms with Gasteiger partial charge in [-0.2, -0.15) is 0 Å². The number of hydrogen-bond acceptors (Lipinski definition) is 1. The van der Waals surface area contributed by atoms with E-state index < -0.39 is 18.4 Å². The average Bonchev–Trinajstić information content (AvgIpc) is 2.26. The Morgan fingerprint density at radius 2 is 1.62 bits per heavy atom. The molecule has 0 aromatic heterocycles. The molecule has 84 valence electrons. The molecule has 0 saturated carbocycles. The topological polar surface area (TPSA) is 9.23 Å². The Kier molecular flexibility index (Phi) is 3.15. The van der Waals surface area contributed by atoms with Crippen molar-refractivity contribution in [2.75, 3.05) is 7.11 Å². The Bertz CT molecular complexity index is 512. The van der Waals surface area contributed by atoms with Gasteiger partial charge in [-0.25, -0.2) is 0 Å². The monoisotopic (exact) mass is 322 g/mol. The third-order valence-corrected chi connectivity index (χ3v) is 8.61. The molecule has 0 heterocycles. The first-order valence-corrected chi connectivity index (χ1v) is 15.6. The SMILES string of the molecule is COc1ccc2ccccc2[c]1[Sn]([CH3])([CH3])[CH3]. The number of benzene rings is 2. The molecule has 16 heavy (non-hydrogen) atoms. The van der Waals surface area contributed by atoms with Crippen LogP contribution in [0.25, 0.3) is 10.8 Å². The van der Waals surface area contributed by atoms with E-state index in [0.717, 1.165) is 5.75 Å². The van der Waals surface area contributed by atoms with Crippen molar-refractivity contribution in [2.24, 2.45) is 0 Å². The molecule has 2 heteroatoms. The zero-order valence-corrected chi connectivity index (χ0v) is 13.2. The molecule has 2 aromatic carbocycles. The van der Waals surface area contributed by atoms with Crippen LogP contribution in [0.3, 0.4) is 0 Å². The third kappa shape index (κ3) is 2.05. The van der Waals surface area contributed by atoms with Crippen LogP contribution >= 0.6 is 0 Å². The van der Waals surface area contributed by atoms with Crippen LogP contribution in [-0.2, 0) is 0 Å². The molecule has 0 radical (unpaired) electrons. The summed E-state index contributed by atoms with van der Waals surface area (Å²) in [6, 6.07) is 12.9. The van der Waals surface area contributed by atoms with Gasteiger partial charge < -0.3 is 0 Å². The van der Waals surface area contributed by atoms with Crippen molar-refractivity contribution in [1.29, 1.82) is 0 Å². The second-order valence-corrected chi connectivity index (χ2v) is 19.4. The number of ether oxygens (including phenoxy) is 1. The minimum absolute atomic E-state index is 1.07. The van der Waals surface area contributed by atoms with E-state index in [1.807, 2.05) is 0 Å². The Balaban J connectivity index is 2.84. The summed E-state index contributed by atoms with van der Waals surface area (Å²) in [6.07, 6.45) is 0. The second kappa shape index (κ2) is 4.28. The van der Waals surface area contributed by atoms with E-state index >= 15 is 0 Å². The fourth-order valence-corrected chi connectivity index (χ4v) is 7.79. The van der Waals surface area contributed by atoms with Gasteiger partial charge in [0.25, 0.3) is 0 Å². The Morgan fingerprint density at radius 1 is 0.938 bits per heavy atom. The quantitative estimate of drug-likeness (QED) is 0.771. The summed E-state index contributed by atoms with van der Waals surface area (Å²) in [5.41, 5.74) is 0. The molecule has 0 bridgehead atoms. The van der Waals surface area contributed by atoms with Crippen LogP contribution in [0, 0.1) is 0 Å². The Labute approximate surface area is 101 Å². The van der Waals surface area contributed by atoms with E-state index in [1.165, 1.54) is 14.4 Å². The first-order valence-electron chi connectivity index (χ1n) is 5.60. The zero-order chi connectivity index (χ0) is 11.8. The van der Waals surface area contributed by atoms with Crippen molar-refractivity contribution in [2.45, 2.75) is 14.8 Å². The molecule has 0 aliphatic heterocycles. The van der Waals surface area contributed by atoms with E-state index in [4.69, 9.17) is 4.74 Å². The summed E-state index contributed by atoms with van der Waals surface area (Å²) in [5, 5.41) is 2.70. The van der Waals surface area contributed by atoms with Crippen LogP contribution in [0.2, 0.25) is 14.8 Å². The summed E-state index contributed by atoms with van der Waals surface area (Å²) in [5.74, 6) is 1.07. The van der Waals surface area contributed by atoms with Crippen molar-refractivity contribution in [3.8, 4) is 5.75 Å². The molecule has 0 spiro atoms. The van der Waals surface area contributed by atoms with Gasteiger partial charge in [0.05, 0.1) is 0 Å². The van der Waals surface area contributed by atoms with Crippen LogP contribution in [0.1, 0.15) is 0 Å². The molecule has 0 fully saturated rings. The summed E-state index contributed by atoms with van der Waals surface area (Å²) >= 11 is -2.14. The van der Waals surface area contributed by atoms with Crippen LogP contribution < -0.4 is 8.32 Å². The maximum absolute atomic E-state index is 5.53. The van der Waals surface area contributed by atoms with Crippen molar-refractivity contribution < 1.29 is 4.74 Å². The Hall–Kier alpha value is -0.701. The van der Waals surface area contributed by atoms with Gasteiger partial charge in [0.15, 0.2) is 0 Å². The van der Waals surface area contributed by atoms with E-state index in [9.17, 15) is 0 Å². The standard InChI is InChI=1S/C11H9O.3CH3.Sn/c1-12-11-7-6-9-4-2-3-5-10(9)8-11;;;;/h2-7H,1H3;3*1H3;. The van der Waals surface area contributed by atoms with Crippen LogP contribution in [0.15, 0.2) is 36.4 Å². The van der Waals surface area contributed by atoms with Gasteiger partial charge in [-0.05, 0) is 0 Å². The van der Waals surface area contributed by atoms with Gasteiger partial charge in [-0.1, -0.05) is 0 Å². The Morgan fingerprint density at radius 3 is 2.25 bits per heavy atom. The molecular weight excluding hydrogens is 303 g/mol. The van der Waals surface area contributed by atoms with E-state index in [2.05, 4.69) is 51.2 Å². The van der Waals surface area contributed by atoms with Crippen molar-refractivity contribution in [3.05, 3.63) is 36.4 Å². The van der Waals surface area contributed by atoms with Crippen LogP contribution in [-0.4, -0.2) is 25.5 Å². The summed E-state index contributed by atoms with van der Waals surface area (Å²) < 4.78 is 7.03. The van der Waals surface area contributed by atoms with Crippen LogP contribution in [0.4, 0.5) is 0 Å². The van der Waals surface area contributed by atoms with Gasteiger partial charge in [-0.3, -0.25) is 0 Å². The fraction of sp³-hybridized carbons (Fsp3) is 0.286. The summed E-state index contributed by atoms with van der Waals surface area (Å²) in [6.45, 7) is 0. The van der Waals surface area contributed by atoms with Gasteiger partial charge in [0.1, 0.15) is 0 Å². The molecule has 0 amide bonds. The molecule has 0 aliphatic carbocycles. The van der Waals surface area contributed by atoms with Crippen LogP contribution in [0.5, 0.6) is 5.75 Å². The molecule has 1 nitrogen and oxygen atoms in total. The number of rotatable bonds is 2. The third-order valence-electron chi connectivity index (χ3n) is 2.86. The normalized spacial score (nSPS) is 11.8. The minimum atomic E-state index is -2.14. The maximum atomic E-state index is 5.53. The van der Waals surface area contributed by atoms with Gasteiger partial charge in [-0.15, -0.1) is 0 Å². The molecule has 0 N–H and O–H groups in total.